The maximum absolute atomic E-state index is 11.2. The Bertz CT molecular complexity index is 604. The van der Waals surface area contributed by atoms with Gasteiger partial charge in [0.25, 0.3) is 0 Å². The quantitative estimate of drug-likeness (QED) is 0.903. The fourth-order valence-corrected chi connectivity index (χ4v) is 4.12. The lowest BCUT2D eigenvalue weighted by Crippen LogP contribution is -2.23. The van der Waals surface area contributed by atoms with E-state index in [9.17, 15) is 15.0 Å². The summed E-state index contributed by atoms with van der Waals surface area (Å²) in [6, 6.07) is 7.95. The van der Waals surface area contributed by atoms with Crippen molar-refractivity contribution >= 4 is 27.4 Å². The number of carbonyl (C=O) groups is 1. The van der Waals surface area contributed by atoms with E-state index in [1.165, 1.54) is 0 Å². The molecule has 0 saturated heterocycles. The molecule has 0 amide bonds. The molecule has 3 nitrogen and oxygen atoms in total. The van der Waals surface area contributed by atoms with Gasteiger partial charge >= 0.3 is 5.97 Å². The van der Waals surface area contributed by atoms with Gasteiger partial charge in [-0.05, 0) is 35.2 Å². The fraction of sp³-hybridized carbons (Fsp3) is 0.400. The van der Waals surface area contributed by atoms with Crippen LogP contribution in [0.1, 0.15) is 30.9 Å². The van der Waals surface area contributed by atoms with E-state index in [0.717, 1.165) is 28.5 Å². The van der Waals surface area contributed by atoms with Crippen LogP contribution in [0.25, 0.3) is 10.1 Å². The van der Waals surface area contributed by atoms with Crippen molar-refractivity contribution in [2.75, 3.05) is 0 Å². The zero-order valence-corrected chi connectivity index (χ0v) is 11.3. The summed E-state index contributed by atoms with van der Waals surface area (Å²) < 4.78 is 1.14. The van der Waals surface area contributed by atoms with E-state index < -0.39 is 18.0 Å². The van der Waals surface area contributed by atoms with Crippen molar-refractivity contribution in [3.8, 4) is 0 Å². The smallest absolute Gasteiger partial charge is 0.306 e. The number of fused-ring (bicyclic) bond motifs is 1. The van der Waals surface area contributed by atoms with Crippen LogP contribution < -0.4 is 0 Å². The second-order valence-electron chi connectivity index (χ2n) is 5.17. The molecular formula is C15H16O3S. The van der Waals surface area contributed by atoms with Crippen molar-refractivity contribution in [3.63, 3.8) is 0 Å². The number of carboxylic acids is 1. The molecule has 1 aromatic carbocycles. The maximum Gasteiger partial charge on any atom is 0.306 e. The van der Waals surface area contributed by atoms with Gasteiger partial charge in [0.15, 0.2) is 0 Å². The number of benzene rings is 1. The third kappa shape index (κ3) is 2.15. The Labute approximate surface area is 115 Å². The number of hydrogen-bond acceptors (Lipinski definition) is 3. The van der Waals surface area contributed by atoms with Gasteiger partial charge in [-0.1, -0.05) is 24.6 Å². The van der Waals surface area contributed by atoms with Gasteiger partial charge in [-0.2, -0.15) is 0 Å². The first-order valence-electron chi connectivity index (χ1n) is 6.55. The number of carboxylic acid groups (broad SMARTS) is 1. The van der Waals surface area contributed by atoms with Crippen molar-refractivity contribution in [1.82, 2.24) is 0 Å². The first-order chi connectivity index (χ1) is 9.18. The minimum Gasteiger partial charge on any atom is -0.481 e. The van der Waals surface area contributed by atoms with Gasteiger partial charge < -0.3 is 10.2 Å². The minimum atomic E-state index is -0.777. The summed E-state index contributed by atoms with van der Waals surface area (Å²) in [6.07, 6.45) is 1.70. The highest BCUT2D eigenvalue weighted by molar-refractivity contribution is 7.17. The zero-order valence-electron chi connectivity index (χ0n) is 10.5. The Morgan fingerprint density at radius 1 is 1.32 bits per heavy atom. The average Bonchev–Trinajstić information content (AvgIpc) is 3.05. The lowest BCUT2D eigenvalue weighted by Gasteiger charge is -2.22. The Kier molecular flexibility index (Phi) is 3.29. The lowest BCUT2D eigenvalue weighted by atomic mass is 9.87. The van der Waals surface area contributed by atoms with Crippen LogP contribution in [0.15, 0.2) is 29.6 Å². The van der Waals surface area contributed by atoms with Crippen LogP contribution in [-0.4, -0.2) is 16.2 Å². The largest absolute Gasteiger partial charge is 0.481 e. The van der Waals surface area contributed by atoms with Gasteiger partial charge in [0.2, 0.25) is 0 Å². The highest BCUT2D eigenvalue weighted by atomic mass is 32.1. The third-order valence-electron chi connectivity index (χ3n) is 4.12. The predicted octanol–water partition coefficient (Wildman–Crippen LogP) is 3.44. The molecule has 3 rings (SSSR count). The highest BCUT2D eigenvalue weighted by Crippen LogP contribution is 2.43. The summed E-state index contributed by atoms with van der Waals surface area (Å²) >= 11 is 1.60. The van der Waals surface area contributed by atoms with Crippen LogP contribution in [-0.2, 0) is 4.79 Å². The number of hydrogen-bond donors (Lipinski definition) is 2. The fourth-order valence-electron chi connectivity index (χ4n) is 3.13. The number of rotatable bonds is 3. The Hall–Kier alpha value is -1.39. The molecule has 1 heterocycles. The molecule has 1 fully saturated rings. The molecule has 3 atom stereocenters. The number of aliphatic hydroxyl groups is 1. The molecule has 0 spiro atoms. The van der Waals surface area contributed by atoms with E-state index in [-0.39, 0.29) is 5.92 Å². The van der Waals surface area contributed by atoms with Gasteiger partial charge in [-0.25, -0.2) is 0 Å². The molecule has 2 aromatic rings. The van der Waals surface area contributed by atoms with E-state index in [4.69, 9.17) is 0 Å². The molecule has 3 unspecified atom stereocenters. The van der Waals surface area contributed by atoms with E-state index in [2.05, 4.69) is 0 Å². The first-order valence-corrected chi connectivity index (χ1v) is 7.43. The average molecular weight is 276 g/mol. The summed E-state index contributed by atoms with van der Waals surface area (Å²) in [5, 5.41) is 22.8. The molecule has 4 heteroatoms. The van der Waals surface area contributed by atoms with Crippen molar-refractivity contribution < 1.29 is 15.0 Å². The molecule has 1 aliphatic carbocycles. The topological polar surface area (TPSA) is 57.5 Å². The summed E-state index contributed by atoms with van der Waals surface area (Å²) in [6.45, 7) is 0. The lowest BCUT2D eigenvalue weighted by molar-refractivity contribution is -0.144. The van der Waals surface area contributed by atoms with E-state index in [0.29, 0.717) is 6.42 Å². The number of aliphatic carboxylic acids is 1. The van der Waals surface area contributed by atoms with Crippen LogP contribution in [0.4, 0.5) is 0 Å². The second-order valence-corrected chi connectivity index (χ2v) is 6.08. The summed E-state index contributed by atoms with van der Waals surface area (Å²) in [7, 11) is 0. The Balaban J connectivity index is 1.95. The standard InChI is InChI=1S/C15H16O3S/c16-14(10-5-3-6-11(10)15(17)18)12-8-19-13-7-2-1-4-9(12)13/h1-2,4,7-8,10-11,14,16H,3,5-6H2,(H,17,18). The maximum atomic E-state index is 11.2. The molecule has 1 aromatic heterocycles. The van der Waals surface area contributed by atoms with Crippen molar-refractivity contribution in [2.24, 2.45) is 11.8 Å². The summed E-state index contributed by atoms with van der Waals surface area (Å²) in [5.74, 6) is -1.34. The normalized spacial score (nSPS) is 24.7. The number of thiophene rings is 1. The van der Waals surface area contributed by atoms with Gasteiger partial charge in [0.1, 0.15) is 0 Å². The van der Waals surface area contributed by atoms with Crippen LogP contribution in [0.2, 0.25) is 0 Å². The Morgan fingerprint density at radius 3 is 2.89 bits per heavy atom. The van der Waals surface area contributed by atoms with Crippen molar-refractivity contribution in [2.45, 2.75) is 25.4 Å². The molecule has 0 bridgehead atoms. The zero-order chi connectivity index (χ0) is 13.4. The van der Waals surface area contributed by atoms with Crippen LogP contribution >= 0.6 is 11.3 Å². The first kappa shape index (κ1) is 12.6. The molecular weight excluding hydrogens is 260 g/mol. The SMILES string of the molecule is O=C(O)C1CCCC1C(O)c1csc2ccccc12. The Morgan fingerprint density at radius 2 is 2.11 bits per heavy atom. The number of aliphatic hydroxyl groups excluding tert-OH is 1. The van der Waals surface area contributed by atoms with E-state index in [1.54, 1.807) is 11.3 Å². The molecule has 100 valence electrons. The van der Waals surface area contributed by atoms with Gasteiger partial charge in [-0.3, -0.25) is 4.79 Å². The summed E-state index contributed by atoms with van der Waals surface area (Å²) in [5.41, 5.74) is 0.888. The molecule has 0 radical (unpaired) electrons. The molecule has 19 heavy (non-hydrogen) atoms. The molecule has 1 aliphatic rings. The monoisotopic (exact) mass is 276 g/mol. The van der Waals surface area contributed by atoms with Gasteiger partial charge in [0, 0.05) is 10.6 Å². The van der Waals surface area contributed by atoms with E-state index in [1.807, 2.05) is 29.6 Å². The van der Waals surface area contributed by atoms with E-state index >= 15 is 0 Å². The molecule has 0 aliphatic heterocycles. The van der Waals surface area contributed by atoms with Gasteiger partial charge in [-0.15, -0.1) is 11.3 Å². The van der Waals surface area contributed by atoms with Gasteiger partial charge in [0.05, 0.1) is 12.0 Å². The highest BCUT2D eigenvalue weighted by Gasteiger charge is 2.38. The van der Waals surface area contributed by atoms with Crippen molar-refractivity contribution in [3.05, 3.63) is 35.2 Å². The van der Waals surface area contributed by atoms with Crippen LogP contribution in [0.3, 0.4) is 0 Å². The summed E-state index contributed by atoms with van der Waals surface area (Å²) in [4.78, 5) is 11.2. The third-order valence-corrected chi connectivity index (χ3v) is 5.10. The van der Waals surface area contributed by atoms with Crippen LogP contribution in [0.5, 0.6) is 0 Å². The predicted molar refractivity (Wildman–Crippen MR) is 75.3 cm³/mol. The minimum absolute atomic E-state index is 0.157. The van der Waals surface area contributed by atoms with Crippen LogP contribution in [0, 0.1) is 11.8 Å². The molecule has 1 saturated carbocycles. The molecule has 2 N–H and O–H groups in total. The van der Waals surface area contributed by atoms with Crippen molar-refractivity contribution in [1.29, 1.82) is 0 Å². The second kappa shape index (κ2) is 4.94.